The molecule has 0 unspecified atom stereocenters. The number of amides is 1. The first-order valence-corrected chi connectivity index (χ1v) is 12.2. The Labute approximate surface area is 193 Å². The molecular formula is C22H28N4O6S. The molecule has 1 aliphatic heterocycles. The second-order valence-corrected chi connectivity index (χ2v) is 9.52. The van der Waals surface area contributed by atoms with Gasteiger partial charge in [-0.3, -0.25) is 14.9 Å². The molecule has 178 valence electrons. The number of hydrogen-bond donors (Lipinski definition) is 1. The smallest absolute Gasteiger partial charge is 0.273 e. The van der Waals surface area contributed by atoms with E-state index in [-0.39, 0.29) is 16.1 Å². The average molecular weight is 477 g/mol. The van der Waals surface area contributed by atoms with Crippen LogP contribution in [0, 0.1) is 17.0 Å². The molecule has 1 saturated heterocycles. The van der Waals surface area contributed by atoms with Crippen molar-refractivity contribution in [1.82, 2.24) is 4.31 Å². The van der Waals surface area contributed by atoms with E-state index >= 15 is 0 Å². The van der Waals surface area contributed by atoms with Gasteiger partial charge < -0.3 is 15.0 Å². The van der Waals surface area contributed by atoms with Gasteiger partial charge in [-0.1, -0.05) is 19.9 Å². The third-order valence-corrected chi connectivity index (χ3v) is 7.63. The maximum absolute atomic E-state index is 13.1. The van der Waals surface area contributed by atoms with Gasteiger partial charge in [0.1, 0.15) is 0 Å². The standard InChI is InChI=1S/C22H28N4O6S/c1-4-25(5-2)33(30,31)18-8-9-20(24-10-12-32-13-11-24)19(15-18)23-22(27)17-7-6-16(3)21(14-17)26(28)29/h6-9,14-15H,4-5,10-13H2,1-3H3,(H,23,27). The minimum atomic E-state index is -3.75. The van der Waals surface area contributed by atoms with E-state index in [1.54, 1.807) is 26.8 Å². The zero-order valence-corrected chi connectivity index (χ0v) is 19.7. The summed E-state index contributed by atoms with van der Waals surface area (Å²) in [5, 5.41) is 14.0. The number of nitrogens with zero attached hydrogens (tertiary/aromatic N) is 3. The Kier molecular flexibility index (Phi) is 7.67. The Hall–Kier alpha value is -3.02. The van der Waals surface area contributed by atoms with Crippen LogP contribution >= 0.6 is 0 Å². The first-order valence-electron chi connectivity index (χ1n) is 10.7. The SMILES string of the molecule is CCN(CC)S(=O)(=O)c1ccc(N2CCOCC2)c(NC(=O)c2ccc(C)c([N+](=O)[O-])c2)c1. The molecule has 0 bridgehead atoms. The molecule has 2 aromatic carbocycles. The van der Waals surface area contributed by atoms with Crippen LogP contribution in [0.5, 0.6) is 0 Å². The maximum atomic E-state index is 13.1. The fourth-order valence-corrected chi connectivity index (χ4v) is 5.19. The molecule has 10 nitrogen and oxygen atoms in total. The molecule has 0 aliphatic carbocycles. The third-order valence-electron chi connectivity index (χ3n) is 5.58. The molecule has 0 aromatic heterocycles. The molecule has 2 aromatic rings. The van der Waals surface area contributed by atoms with Crippen LogP contribution in [-0.2, 0) is 14.8 Å². The highest BCUT2D eigenvalue weighted by atomic mass is 32.2. The van der Waals surface area contributed by atoms with Crippen molar-refractivity contribution in [2.45, 2.75) is 25.7 Å². The lowest BCUT2D eigenvalue weighted by atomic mass is 10.1. The highest BCUT2D eigenvalue weighted by Crippen LogP contribution is 2.31. The number of nitrogens with one attached hydrogen (secondary N) is 1. The topological polar surface area (TPSA) is 122 Å². The van der Waals surface area contributed by atoms with E-state index in [0.29, 0.717) is 56.3 Å². The van der Waals surface area contributed by atoms with E-state index in [4.69, 9.17) is 4.74 Å². The van der Waals surface area contributed by atoms with Crippen molar-refractivity contribution in [3.63, 3.8) is 0 Å². The van der Waals surface area contributed by atoms with E-state index in [2.05, 4.69) is 5.32 Å². The van der Waals surface area contributed by atoms with E-state index in [1.165, 1.54) is 34.6 Å². The molecule has 0 saturated carbocycles. The van der Waals surface area contributed by atoms with Crippen molar-refractivity contribution in [2.75, 3.05) is 49.6 Å². The number of carbonyl (C=O) groups excluding carboxylic acids is 1. The van der Waals surface area contributed by atoms with Crippen molar-refractivity contribution in [3.8, 4) is 0 Å². The van der Waals surface area contributed by atoms with Crippen molar-refractivity contribution in [2.24, 2.45) is 0 Å². The molecule has 1 amide bonds. The fourth-order valence-electron chi connectivity index (χ4n) is 3.71. The van der Waals surface area contributed by atoms with E-state index in [0.717, 1.165) is 0 Å². The van der Waals surface area contributed by atoms with Gasteiger partial charge in [0, 0.05) is 43.4 Å². The number of anilines is 2. The molecule has 33 heavy (non-hydrogen) atoms. The number of carbonyl (C=O) groups is 1. The molecule has 1 heterocycles. The second-order valence-electron chi connectivity index (χ2n) is 7.58. The van der Waals surface area contributed by atoms with Gasteiger partial charge in [-0.15, -0.1) is 0 Å². The summed E-state index contributed by atoms with van der Waals surface area (Å²) in [5.41, 5.74) is 1.37. The first kappa shape index (κ1) is 24.6. The molecular weight excluding hydrogens is 448 g/mol. The predicted octanol–water partition coefficient (Wildman–Crippen LogP) is 3.02. The summed E-state index contributed by atoms with van der Waals surface area (Å²) in [5.74, 6) is -0.565. The highest BCUT2D eigenvalue weighted by molar-refractivity contribution is 7.89. The number of nitro benzene ring substituents is 1. The molecule has 1 aliphatic rings. The summed E-state index contributed by atoms with van der Waals surface area (Å²) in [4.78, 5) is 25.8. The molecule has 3 rings (SSSR count). The lowest BCUT2D eigenvalue weighted by molar-refractivity contribution is -0.385. The van der Waals surface area contributed by atoms with Gasteiger partial charge in [0.2, 0.25) is 10.0 Å². The van der Waals surface area contributed by atoms with Gasteiger partial charge in [0.05, 0.1) is 34.4 Å². The minimum Gasteiger partial charge on any atom is -0.378 e. The van der Waals surface area contributed by atoms with Crippen LogP contribution in [0.15, 0.2) is 41.3 Å². The van der Waals surface area contributed by atoms with Crippen LogP contribution in [0.3, 0.4) is 0 Å². The van der Waals surface area contributed by atoms with Crippen LogP contribution in [0.25, 0.3) is 0 Å². The fraction of sp³-hybridized carbons (Fsp3) is 0.409. The molecule has 11 heteroatoms. The molecule has 1 N–H and O–H groups in total. The van der Waals surface area contributed by atoms with Gasteiger partial charge in [-0.25, -0.2) is 8.42 Å². The normalized spacial score (nSPS) is 14.4. The number of aryl methyl sites for hydroxylation is 1. The van der Waals surface area contributed by atoms with Gasteiger partial charge in [0.25, 0.3) is 11.6 Å². The first-order chi connectivity index (χ1) is 15.7. The molecule has 1 fully saturated rings. The minimum absolute atomic E-state index is 0.0633. The Morgan fingerprint density at radius 1 is 1.15 bits per heavy atom. The largest absolute Gasteiger partial charge is 0.378 e. The summed E-state index contributed by atoms with van der Waals surface area (Å²) in [6.07, 6.45) is 0. The Morgan fingerprint density at radius 2 is 1.82 bits per heavy atom. The van der Waals surface area contributed by atoms with Gasteiger partial charge >= 0.3 is 0 Å². The van der Waals surface area contributed by atoms with Gasteiger partial charge in [-0.2, -0.15) is 4.31 Å². The molecule has 0 spiro atoms. The van der Waals surface area contributed by atoms with Crippen LogP contribution in [0.4, 0.5) is 17.1 Å². The highest BCUT2D eigenvalue weighted by Gasteiger charge is 2.25. The lowest BCUT2D eigenvalue weighted by Crippen LogP contribution is -2.37. The Bertz CT molecular complexity index is 1140. The third kappa shape index (κ3) is 5.32. The van der Waals surface area contributed by atoms with Gasteiger partial charge in [-0.05, 0) is 31.2 Å². The zero-order valence-electron chi connectivity index (χ0n) is 18.9. The number of morpholine rings is 1. The van der Waals surface area contributed by atoms with Crippen LogP contribution in [0.1, 0.15) is 29.8 Å². The van der Waals surface area contributed by atoms with E-state index < -0.39 is 20.9 Å². The average Bonchev–Trinajstić information content (AvgIpc) is 2.80. The lowest BCUT2D eigenvalue weighted by Gasteiger charge is -2.31. The van der Waals surface area contributed by atoms with Crippen molar-refractivity contribution >= 4 is 33.0 Å². The van der Waals surface area contributed by atoms with Crippen LogP contribution in [-0.4, -0.2) is 62.9 Å². The summed E-state index contributed by atoms with van der Waals surface area (Å²) in [7, 11) is -3.75. The second kappa shape index (κ2) is 10.3. The summed E-state index contributed by atoms with van der Waals surface area (Å²) < 4.78 is 32.8. The Balaban J connectivity index is 2.02. The van der Waals surface area contributed by atoms with Crippen LogP contribution in [0.2, 0.25) is 0 Å². The zero-order chi connectivity index (χ0) is 24.2. The van der Waals surface area contributed by atoms with Crippen LogP contribution < -0.4 is 10.2 Å². The molecule has 0 radical (unpaired) electrons. The van der Waals surface area contributed by atoms with E-state index in [1.807, 2.05) is 4.90 Å². The summed E-state index contributed by atoms with van der Waals surface area (Å²) >= 11 is 0. The number of nitro groups is 1. The van der Waals surface area contributed by atoms with Gasteiger partial charge in [0.15, 0.2) is 0 Å². The number of sulfonamides is 1. The number of ether oxygens (including phenoxy) is 1. The predicted molar refractivity (Wildman–Crippen MR) is 125 cm³/mol. The Morgan fingerprint density at radius 3 is 2.42 bits per heavy atom. The monoisotopic (exact) mass is 476 g/mol. The van der Waals surface area contributed by atoms with Crippen molar-refractivity contribution in [1.29, 1.82) is 0 Å². The quantitative estimate of drug-likeness (QED) is 0.459. The number of hydrogen-bond acceptors (Lipinski definition) is 7. The van der Waals surface area contributed by atoms with Crippen molar-refractivity contribution < 1.29 is 22.9 Å². The maximum Gasteiger partial charge on any atom is 0.273 e. The van der Waals surface area contributed by atoms with Crippen molar-refractivity contribution in [3.05, 3.63) is 57.6 Å². The number of rotatable bonds is 8. The molecule has 0 atom stereocenters. The summed E-state index contributed by atoms with van der Waals surface area (Å²) in [6, 6.07) is 8.88. The number of benzene rings is 2. The van der Waals surface area contributed by atoms with E-state index in [9.17, 15) is 23.3 Å². The summed E-state index contributed by atoms with van der Waals surface area (Å²) in [6.45, 7) is 7.94.